The Morgan fingerprint density at radius 2 is 1.79 bits per heavy atom. The summed E-state index contributed by atoms with van der Waals surface area (Å²) in [6.45, 7) is 8.23. The lowest BCUT2D eigenvalue weighted by molar-refractivity contribution is 0.345. The van der Waals surface area contributed by atoms with Crippen LogP contribution in [0, 0.1) is 0 Å². The molecule has 0 fully saturated rings. The number of hydrogen-bond acceptors (Lipinski definition) is 5. The summed E-state index contributed by atoms with van der Waals surface area (Å²) in [6, 6.07) is 4.05. The minimum Gasteiger partial charge on any atom is -0.493 e. The van der Waals surface area contributed by atoms with Crippen molar-refractivity contribution >= 4 is 40.0 Å². The summed E-state index contributed by atoms with van der Waals surface area (Å²) in [5.74, 6) is 2.22. The van der Waals surface area contributed by atoms with Crippen LogP contribution in [0.4, 0.5) is 0 Å². The third-order valence-corrected chi connectivity index (χ3v) is 5.36. The van der Waals surface area contributed by atoms with E-state index in [0.29, 0.717) is 18.8 Å². The number of nitrogens with one attached hydrogen (secondary N) is 2. The molecule has 0 aromatic heterocycles. The van der Waals surface area contributed by atoms with E-state index in [-0.39, 0.29) is 24.0 Å². The Balaban J connectivity index is 0.00000420. The molecule has 0 bridgehead atoms. The van der Waals surface area contributed by atoms with Crippen molar-refractivity contribution in [3.8, 4) is 11.5 Å². The van der Waals surface area contributed by atoms with Crippen LogP contribution in [0.5, 0.6) is 11.5 Å². The minimum atomic E-state index is -3.30. The fourth-order valence-electron chi connectivity index (χ4n) is 3.30. The van der Waals surface area contributed by atoms with Gasteiger partial charge in [-0.3, -0.25) is 4.99 Å². The Labute approximate surface area is 191 Å². The van der Waals surface area contributed by atoms with Crippen LogP contribution in [0.15, 0.2) is 17.1 Å². The zero-order valence-electron chi connectivity index (χ0n) is 18.0. The van der Waals surface area contributed by atoms with E-state index < -0.39 is 15.6 Å². The predicted octanol–water partition coefficient (Wildman–Crippen LogP) is 1.97. The Morgan fingerprint density at radius 1 is 1.21 bits per heavy atom. The number of fused-ring (bicyclic) bond motifs is 1. The Hall–Kier alpha value is -1.27. The molecule has 1 aromatic rings. The van der Waals surface area contributed by atoms with Crippen molar-refractivity contribution in [2.24, 2.45) is 4.99 Å². The van der Waals surface area contributed by atoms with E-state index in [4.69, 9.17) is 14.5 Å². The van der Waals surface area contributed by atoms with Gasteiger partial charge in [-0.1, -0.05) is 0 Å². The van der Waals surface area contributed by atoms with Gasteiger partial charge in [0.25, 0.3) is 0 Å². The molecular weight excluding hydrogens is 507 g/mol. The topological polar surface area (TPSA) is 92.3 Å². The fraction of sp³-hybridized carbons (Fsp3) is 0.632. The van der Waals surface area contributed by atoms with Crippen molar-refractivity contribution < 1.29 is 17.9 Å². The normalized spacial score (nSPS) is 14.7. The van der Waals surface area contributed by atoms with Gasteiger partial charge in [0.05, 0.1) is 27.0 Å². The molecule has 0 spiro atoms. The molecule has 0 saturated heterocycles. The summed E-state index contributed by atoms with van der Waals surface area (Å²) in [4.78, 5) is 6.87. The molecule has 1 aliphatic heterocycles. The van der Waals surface area contributed by atoms with Gasteiger partial charge in [0.2, 0.25) is 10.0 Å². The zero-order valence-corrected chi connectivity index (χ0v) is 21.2. The Bertz CT molecular complexity index is 828. The average Bonchev–Trinajstić information content (AvgIpc) is 2.61. The second-order valence-corrected chi connectivity index (χ2v) is 9.32. The lowest BCUT2D eigenvalue weighted by Gasteiger charge is -2.33. The highest BCUT2D eigenvalue weighted by Gasteiger charge is 2.25. The van der Waals surface area contributed by atoms with Crippen LogP contribution in [0.1, 0.15) is 31.9 Å². The van der Waals surface area contributed by atoms with Crippen LogP contribution in [0.25, 0.3) is 0 Å². The van der Waals surface area contributed by atoms with Gasteiger partial charge in [-0.05, 0) is 50.5 Å². The highest BCUT2D eigenvalue weighted by atomic mass is 127. The number of aliphatic imine (C=N–C) groups is 1. The predicted molar refractivity (Wildman–Crippen MR) is 127 cm³/mol. The standard InChI is InChI=1S/C19H32N4O4S.HI/c1-7-20-18(21-13-19(2,3)22-28(6,24)25)23-9-8-14-10-16(26-4)17(27-5)11-15(14)12-23;/h10-11,22H,7-9,12-13H2,1-6H3,(H,20,21);1H. The third-order valence-electron chi connectivity index (χ3n) is 4.44. The van der Waals surface area contributed by atoms with Gasteiger partial charge >= 0.3 is 0 Å². The van der Waals surface area contributed by atoms with Gasteiger partial charge in [-0.2, -0.15) is 0 Å². The van der Waals surface area contributed by atoms with E-state index in [2.05, 4.69) is 14.9 Å². The van der Waals surface area contributed by atoms with Crippen molar-refractivity contribution in [1.29, 1.82) is 0 Å². The number of guanidine groups is 1. The van der Waals surface area contributed by atoms with Gasteiger partial charge in [-0.25, -0.2) is 13.1 Å². The molecule has 0 amide bonds. The molecule has 29 heavy (non-hydrogen) atoms. The van der Waals surface area contributed by atoms with E-state index >= 15 is 0 Å². The molecular formula is C19H33IN4O4S. The zero-order chi connectivity index (χ0) is 20.9. The van der Waals surface area contributed by atoms with Gasteiger partial charge < -0.3 is 19.7 Å². The number of benzene rings is 1. The number of halogens is 1. The smallest absolute Gasteiger partial charge is 0.209 e. The molecule has 0 atom stereocenters. The number of sulfonamides is 1. The van der Waals surface area contributed by atoms with Crippen LogP contribution < -0.4 is 19.5 Å². The van der Waals surface area contributed by atoms with E-state index in [1.54, 1.807) is 14.2 Å². The van der Waals surface area contributed by atoms with Gasteiger partial charge in [0, 0.05) is 25.2 Å². The third kappa shape index (κ3) is 7.49. The molecule has 10 heteroatoms. The quantitative estimate of drug-likeness (QED) is 0.312. The van der Waals surface area contributed by atoms with Crippen LogP contribution in [-0.2, 0) is 23.0 Å². The number of methoxy groups -OCH3 is 2. The number of hydrogen-bond donors (Lipinski definition) is 2. The monoisotopic (exact) mass is 540 g/mol. The minimum absolute atomic E-state index is 0. The molecule has 166 valence electrons. The molecule has 1 aliphatic rings. The fourth-order valence-corrected chi connectivity index (χ4v) is 4.36. The lowest BCUT2D eigenvalue weighted by Crippen LogP contribution is -2.48. The first-order chi connectivity index (χ1) is 13.1. The molecule has 8 nitrogen and oxygen atoms in total. The molecule has 0 aliphatic carbocycles. The summed E-state index contributed by atoms with van der Waals surface area (Å²) >= 11 is 0. The molecule has 0 radical (unpaired) electrons. The second-order valence-electron chi connectivity index (χ2n) is 7.58. The molecule has 2 rings (SSSR count). The van der Waals surface area contributed by atoms with Crippen molar-refractivity contribution in [1.82, 2.24) is 14.9 Å². The van der Waals surface area contributed by atoms with Crippen molar-refractivity contribution in [3.63, 3.8) is 0 Å². The Morgan fingerprint density at radius 3 is 2.31 bits per heavy atom. The molecule has 0 saturated carbocycles. The van der Waals surface area contributed by atoms with Gasteiger partial charge in [0.15, 0.2) is 17.5 Å². The highest BCUT2D eigenvalue weighted by Crippen LogP contribution is 2.33. The van der Waals surface area contributed by atoms with Crippen molar-refractivity contribution in [2.45, 2.75) is 39.3 Å². The highest BCUT2D eigenvalue weighted by molar-refractivity contribution is 14.0. The summed E-state index contributed by atoms with van der Waals surface area (Å²) < 4.78 is 36.6. The summed E-state index contributed by atoms with van der Waals surface area (Å²) in [5.41, 5.74) is 1.74. The van der Waals surface area contributed by atoms with Crippen LogP contribution in [0.2, 0.25) is 0 Å². The van der Waals surface area contributed by atoms with Crippen molar-refractivity contribution in [2.75, 3.05) is 40.1 Å². The van der Waals surface area contributed by atoms with E-state index in [1.165, 1.54) is 11.1 Å². The molecule has 0 unspecified atom stereocenters. The average molecular weight is 540 g/mol. The SMILES string of the molecule is CCNC(=NCC(C)(C)NS(C)(=O)=O)N1CCc2cc(OC)c(OC)cc2C1.I. The maximum absolute atomic E-state index is 11.6. The first kappa shape index (κ1) is 25.8. The van der Waals surface area contributed by atoms with Gasteiger partial charge in [0.1, 0.15) is 0 Å². The first-order valence-electron chi connectivity index (χ1n) is 9.34. The summed E-state index contributed by atoms with van der Waals surface area (Å²) in [6.07, 6.45) is 2.03. The number of nitrogens with zero attached hydrogens (tertiary/aromatic N) is 2. The summed E-state index contributed by atoms with van der Waals surface area (Å²) in [5, 5.41) is 3.31. The Kier molecular flexibility index (Phi) is 9.48. The number of rotatable bonds is 7. The second kappa shape index (κ2) is 10.7. The van der Waals surface area contributed by atoms with Crippen LogP contribution >= 0.6 is 24.0 Å². The van der Waals surface area contributed by atoms with Crippen LogP contribution in [-0.4, -0.2) is 64.9 Å². The maximum atomic E-state index is 11.6. The number of ether oxygens (including phenoxy) is 2. The largest absolute Gasteiger partial charge is 0.493 e. The van der Waals surface area contributed by atoms with Crippen LogP contribution in [0.3, 0.4) is 0 Å². The van der Waals surface area contributed by atoms with E-state index in [9.17, 15) is 8.42 Å². The van der Waals surface area contributed by atoms with E-state index in [1.807, 2.05) is 32.9 Å². The first-order valence-corrected chi connectivity index (χ1v) is 11.2. The van der Waals surface area contributed by atoms with Gasteiger partial charge in [-0.15, -0.1) is 24.0 Å². The van der Waals surface area contributed by atoms with Crippen molar-refractivity contribution in [3.05, 3.63) is 23.3 Å². The van der Waals surface area contributed by atoms with E-state index in [0.717, 1.165) is 37.5 Å². The molecule has 2 N–H and O–H groups in total. The molecule has 1 heterocycles. The summed E-state index contributed by atoms with van der Waals surface area (Å²) in [7, 11) is -0.0276. The maximum Gasteiger partial charge on any atom is 0.209 e. The molecule has 1 aromatic carbocycles. The lowest BCUT2D eigenvalue weighted by atomic mass is 9.99.